The maximum atomic E-state index is 13.2. The van der Waals surface area contributed by atoms with Crippen LogP contribution in [0.1, 0.15) is 28.7 Å². The SMILES string of the molecule is FC(F)(F)c1cccc(C2=Nc3c(ccc4ccc(-c5cccc(C(F)(F)F)c5)nc34)CC2)c1. The monoisotopic (exact) mass is 470 g/mol. The topological polar surface area (TPSA) is 25.2 Å². The number of hydrogen-bond donors (Lipinski definition) is 0. The molecule has 1 aliphatic rings. The van der Waals surface area contributed by atoms with Crippen molar-refractivity contribution in [3.8, 4) is 11.3 Å². The van der Waals surface area contributed by atoms with Crippen LogP contribution in [0.15, 0.2) is 77.8 Å². The molecule has 4 aromatic rings. The van der Waals surface area contributed by atoms with Gasteiger partial charge in [0.1, 0.15) is 0 Å². The number of aryl methyl sites for hydroxylation is 1. The van der Waals surface area contributed by atoms with Crippen molar-refractivity contribution in [3.63, 3.8) is 0 Å². The summed E-state index contributed by atoms with van der Waals surface area (Å²) in [6.45, 7) is 0. The van der Waals surface area contributed by atoms with Crippen molar-refractivity contribution in [2.75, 3.05) is 0 Å². The highest BCUT2D eigenvalue weighted by atomic mass is 19.4. The van der Waals surface area contributed by atoms with Gasteiger partial charge in [0.15, 0.2) is 0 Å². The summed E-state index contributed by atoms with van der Waals surface area (Å²) in [5.74, 6) is 0. The Balaban J connectivity index is 1.62. The highest BCUT2D eigenvalue weighted by Gasteiger charge is 2.31. The molecule has 3 aromatic carbocycles. The van der Waals surface area contributed by atoms with Crippen LogP contribution in [0.2, 0.25) is 0 Å². The fraction of sp³-hybridized carbons (Fsp3) is 0.154. The molecule has 0 unspecified atom stereocenters. The van der Waals surface area contributed by atoms with Crippen molar-refractivity contribution >= 4 is 22.3 Å². The number of fused-ring (bicyclic) bond motifs is 3. The van der Waals surface area contributed by atoms with Gasteiger partial charge in [0, 0.05) is 16.7 Å². The van der Waals surface area contributed by atoms with Crippen LogP contribution in [0.3, 0.4) is 0 Å². The van der Waals surface area contributed by atoms with Crippen molar-refractivity contribution in [3.05, 3.63) is 95.1 Å². The lowest BCUT2D eigenvalue weighted by Crippen LogP contribution is -2.11. The lowest BCUT2D eigenvalue weighted by Gasteiger charge is -2.18. The fourth-order valence-corrected chi connectivity index (χ4v) is 4.09. The zero-order chi connectivity index (χ0) is 24.1. The molecule has 0 fully saturated rings. The minimum absolute atomic E-state index is 0.312. The van der Waals surface area contributed by atoms with Gasteiger partial charge < -0.3 is 0 Å². The summed E-state index contributed by atoms with van der Waals surface area (Å²) in [6.07, 6.45) is -7.91. The van der Waals surface area contributed by atoms with E-state index in [1.54, 1.807) is 24.3 Å². The van der Waals surface area contributed by atoms with Crippen LogP contribution in [0.5, 0.6) is 0 Å². The highest BCUT2D eigenvalue weighted by molar-refractivity contribution is 6.06. The maximum Gasteiger partial charge on any atom is 0.416 e. The van der Waals surface area contributed by atoms with E-state index in [9.17, 15) is 26.3 Å². The number of nitrogens with zero attached hydrogens (tertiary/aromatic N) is 2. The Bertz CT molecular complexity index is 1430. The molecule has 0 saturated heterocycles. The van der Waals surface area contributed by atoms with Crippen LogP contribution < -0.4 is 0 Å². The second-order valence-electron chi connectivity index (χ2n) is 8.06. The van der Waals surface area contributed by atoms with Gasteiger partial charge in [0.05, 0.1) is 28.0 Å². The molecule has 0 atom stereocenters. The van der Waals surface area contributed by atoms with Gasteiger partial charge in [-0.15, -0.1) is 0 Å². The van der Waals surface area contributed by atoms with Gasteiger partial charge >= 0.3 is 12.4 Å². The molecule has 34 heavy (non-hydrogen) atoms. The Hall–Kier alpha value is -3.68. The van der Waals surface area contributed by atoms with Crippen molar-refractivity contribution in [1.29, 1.82) is 0 Å². The van der Waals surface area contributed by atoms with E-state index in [4.69, 9.17) is 0 Å². The van der Waals surface area contributed by atoms with E-state index in [2.05, 4.69) is 9.98 Å². The second-order valence-corrected chi connectivity index (χ2v) is 8.06. The van der Waals surface area contributed by atoms with E-state index >= 15 is 0 Å². The smallest absolute Gasteiger partial charge is 0.250 e. The van der Waals surface area contributed by atoms with Crippen molar-refractivity contribution in [2.45, 2.75) is 25.2 Å². The minimum atomic E-state index is -4.48. The summed E-state index contributed by atoms with van der Waals surface area (Å²) < 4.78 is 79.0. The van der Waals surface area contributed by atoms with Crippen LogP contribution in [-0.2, 0) is 18.8 Å². The molecule has 2 nitrogen and oxygen atoms in total. The van der Waals surface area contributed by atoms with E-state index in [1.807, 2.05) is 12.1 Å². The Morgan fingerprint density at radius 3 is 1.94 bits per heavy atom. The predicted molar refractivity (Wildman–Crippen MR) is 118 cm³/mol. The Kier molecular flexibility index (Phi) is 5.19. The average molecular weight is 470 g/mol. The molecule has 0 N–H and O–H groups in total. The number of hydrogen-bond acceptors (Lipinski definition) is 2. The fourth-order valence-electron chi connectivity index (χ4n) is 4.09. The third-order valence-corrected chi connectivity index (χ3v) is 5.81. The minimum Gasteiger partial charge on any atom is -0.250 e. The third kappa shape index (κ3) is 4.16. The van der Waals surface area contributed by atoms with Gasteiger partial charge in [-0.05, 0) is 54.3 Å². The van der Waals surface area contributed by atoms with E-state index in [1.165, 1.54) is 12.1 Å². The molecule has 8 heteroatoms. The first kappa shape index (κ1) is 22.1. The highest BCUT2D eigenvalue weighted by Crippen LogP contribution is 2.37. The summed E-state index contributed by atoms with van der Waals surface area (Å²) in [7, 11) is 0. The van der Waals surface area contributed by atoms with Crippen molar-refractivity contribution < 1.29 is 26.3 Å². The molecule has 0 radical (unpaired) electrons. The number of halogens is 6. The lowest BCUT2D eigenvalue weighted by atomic mass is 9.95. The molecular formula is C26H16F6N2. The quantitative estimate of drug-likeness (QED) is 0.273. The van der Waals surface area contributed by atoms with Gasteiger partial charge in [-0.2, -0.15) is 26.3 Å². The van der Waals surface area contributed by atoms with Gasteiger partial charge in [-0.3, -0.25) is 4.99 Å². The molecule has 0 bridgehead atoms. The van der Waals surface area contributed by atoms with Crippen LogP contribution in [0.4, 0.5) is 32.0 Å². The molecule has 0 amide bonds. The zero-order valence-corrected chi connectivity index (χ0v) is 17.5. The molecule has 0 spiro atoms. The molecule has 172 valence electrons. The lowest BCUT2D eigenvalue weighted by molar-refractivity contribution is -0.138. The van der Waals surface area contributed by atoms with Gasteiger partial charge in [0.25, 0.3) is 0 Å². The molecule has 2 heterocycles. The van der Waals surface area contributed by atoms with Gasteiger partial charge in [-0.25, -0.2) is 4.98 Å². The van der Waals surface area contributed by atoms with Crippen molar-refractivity contribution in [1.82, 2.24) is 4.98 Å². The first-order valence-electron chi connectivity index (χ1n) is 10.4. The van der Waals surface area contributed by atoms with Gasteiger partial charge in [0.2, 0.25) is 0 Å². The molecule has 1 aromatic heterocycles. The first-order chi connectivity index (χ1) is 16.1. The Labute approximate surface area is 190 Å². The number of rotatable bonds is 2. The number of aromatic nitrogens is 1. The van der Waals surface area contributed by atoms with Crippen LogP contribution in [0.25, 0.3) is 22.2 Å². The normalized spacial score (nSPS) is 14.1. The zero-order valence-electron chi connectivity index (χ0n) is 17.5. The number of pyridine rings is 1. The number of alkyl halides is 6. The summed E-state index contributed by atoms with van der Waals surface area (Å²) >= 11 is 0. The van der Waals surface area contributed by atoms with Crippen LogP contribution >= 0.6 is 0 Å². The van der Waals surface area contributed by atoms with Crippen LogP contribution in [0, 0.1) is 0 Å². The Morgan fingerprint density at radius 2 is 1.26 bits per heavy atom. The van der Waals surface area contributed by atoms with E-state index in [-0.39, 0.29) is 0 Å². The molecule has 0 saturated carbocycles. The summed E-state index contributed by atoms with van der Waals surface area (Å²) in [4.78, 5) is 9.28. The maximum absolute atomic E-state index is 13.2. The van der Waals surface area contributed by atoms with Gasteiger partial charge in [-0.1, -0.05) is 42.5 Å². The third-order valence-electron chi connectivity index (χ3n) is 5.81. The van der Waals surface area contributed by atoms with E-state index < -0.39 is 23.5 Å². The standard InChI is InChI=1S/C26H16F6N2/c27-25(28,29)19-5-1-3-17(13-19)21-11-9-15-7-8-16-10-12-22(34-24(16)23(15)33-21)18-4-2-6-20(14-18)26(30,31)32/h1-9,11,13-14H,10,12H2. The predicted octanol–water partition coefficient (Wildman–Crippen LogP) is 8.01. The second kappa shape index (κ2) is 7.97. The molecule has 1 aliphatic heterocycles. The summed E-state index contributed by atoms with van der Waals surface area (Å²) in [5.41, 5.74) is 1.95. The molecule has 5 rings (SSSR count). The van der Waals surface area contributed by atoms with E-state index in [0.29, 0.717) is 46.6 Å². The largest absolute Gasteiger partial charge is 0.416 e. The first-order valence-corrected chi connectivity index (χ1v) is 10.4. The van der Waals surface area contributed by atoms with Crippen LogP contribution in [-0.4, -0.2) is 10.7 Å². The van der Waals surface area contributed by atoms with Crippen molar-refractivity contribution in [2.24, 2.45) is 4.99 Å². The van der Waals surface area contributed by atoms with E-state index in [0.717, 1.165) is 35.2 Å². The summed E-state index contributed by atoms with van der Waals surface area (Å²) in [6, 6.07) is 17.1. The number of benzene rings is 3. The molecular weight excluding hydrogens is 454 g/mol. The average Bonchev–Trinajstić information content (AvgIpc) is 2.82. The molecule has 0 aliphatic carbocycles. The number of aliphatic imine (C=N–C) groups is 1. The Morgan fingerprint density at radius 1 is 0.647 bits per heavy atom. The summed E-state index contributed by atoms with van der Waals surface area (Å²) in [5, 5.41) is 0.739.